The van der Waals surface area contributed by atoms with E-state index in [-0.39, 0.29) is 18.4 Å². The van der Waals surface area contributed by atoms with Gasteiger partial charge in [-0.15, -0.1) is 12.4 Å². The molecular weight excluding hydrogens is 300 g/mol. The Labute approximate surface area is 125 Å². The molecule has 2 unspecified atom stereocenters. The Bertz CT molecular complexity index is 574. The summed E-state index contributed by atoms with van der Waals surface area (Å²) in [7, 11) is -1.70. The highest BCUT2D eigenvalue weighted by Gasteiger charge is 2.35. The summed E-state index contributed by atoms with van der Waals surface area (Å²) in [5, 5.41) is 7.51. The molecule has 0 aliphatic carbocycles. The highest BCUT2D eigenvalue weighted by Crippen LogP contribution is 2.27. The van der Waals surface area contributed by atoms with Crippen LogP contribution in [0.25, 0.3) is 0 Å². The molecular formula is C12H21ClN4O2S. The first kappa shape index (κ1) is 15.8. The van der Waals surface area contributed by atoms with Crippen LogP contribution in [0.15, 0.2) is 11.1 Å². The van der Waals surface area contributed by atoms with Crippen molar-refractivity contribution in [3.8, 4) is 0 Å². The van der Waals surface area contributed by atoms with Gasteiger partial charge in [0, 0.05) is 25.2 Å². The molecule has 2 aliphatic rings. The molecule has 2 fully saturated rings. The van der Waals surface area contributed by atoms with E-state index in [0.717, 1.165) is 25.7 Å². The monoisotopic (exact) mass is 320 g/mol. The largest absolute Gasteiger partial charge is 0.311 e. The van der Waals surface area contributed by atoms with Crippen molar-refractivity contribution < 1.29 is 8.42 Å². The minimum Gasteiger partial charge on any atom is -0.311 e. The Morgan fingerprint density at radius 3 is 2.45 bits per heavy atom. The van der Waals surface area contributed by atoms with Gasteiger partial charge in [-0.25, -0.2) is 13.1 Å². The molecule has 0 aromatic carbocycles. The maximum absolute atomic E-state index is 12.4. The van der Waals surface area contributed by atoms with Crippen molar-refractivity contribution in [2.24, 2.45) is 7.05 Å². The molecule has 2 bridgehead atoms. The predicted octanol–water partition coefficient (Wildman–Crippen LogP) is 0.712. The molecule has 2 N–H and O–H groups in total. The van der Waals surface area contributed by atoms with E-state index in [4.69, 9.17) is 0 Å². The molecule has 1 aromatic rings. The molecule has 3 rings (SSSR count). The summed E-state index contributed by atoms with van der Waals surface area (Å²) in [4.78, 5) is 0.292. The van der Waals surface area contributed by atoms with Crippen molar-refractivity contribution in [3.05, 3.63) is 11.9 Å². The van der Waals surface area contributed by atoms with E-state index in [0.29, 0.717) is 22.7 Å². The van der Waals surface area contributed by atoms with E-state index in [2.05, 4.69) is 15.1 Å². The highest BCUT2D eigenvalue weighted by molar-refractivity contribution is 7.89. The third kappa shape index (κ3) is 2.86. The lowest BCUT2D eigenvalue weighted by Crippen LogP contribution is -2.47. The van der Waals surface area contributed by atoms with Gasteiger partial charge in [0.05, 0.1) is 11.9 Å². The van der Waals surface area contributed by atoms with Crippen molar-refractivity contribution in [1.82, 2.24) is 19.8 Å². The average Bonchev–Trinajstić information content (AvgIpc) is 2.83. The normalized spacial score (nSPS) is 29.2. The number of hydrogen-bond donors (Lipinski definition) is 2. The standard InChI is InChI=1S/C12H20N4O2S.ClH/c1-8-12(7-13-16(8)2)19(17,18)15-11-5-9-3-4-10(6-11)14-9;/h7,9-11,14-15H,3-6H2,1-2H3;1H. The second-order valence-corrected chi connectivity index (χ2v) is 7.33. The minimum absolute atomic E-state index is 0. The number of fused-ring (bicyclic) bond motifs is 2. The van der Waals surface area contributed by atoms with Crippen molar-refractivity contribution in [1.29, 1.82) is 0 Å². The van der Waals surface area contributed by atoms with Crippen LogP contribution in [-0.4, -0.2) is 36.3 Å². The molecule has 1 aromatic heterocycles. The summed E-state index contributed by atoms with van der Waals surface area (Å²) in [5.41, 5.74) is 0.671. The van der Waals surface area contributed by atoms with E-state index >= 15 is 0 Å². The minimum atomic E-state index is -3.45. The second kappa shape index (κ2) is 5.63. The maximum atomic E-state index is 12.4. The predicted molar refractivity (Wildman–Crippen MR) is 78.5 cm³/mol. The molecule has 20 heavy (non-hydrogen) atoms. The van der Waals surface area contributed by atoms with E-state index < -0.39 is 10.0 Å². The number of nitrogens with one attached hydrogen (secondary N) is 2. The van der Waals surface area contributed by atoms with Crippen LogP contribution in [0.2, 0.25) is 0 Å². The third-order valence-electron chi connectivity index (χ3n) is 4.27. The van der Waals surface area contributed by atoms with Gasteiger partial charge in [0.2, 0.25) is 10.0 Å². The molecule has 0 radical (unpaired) electrons. The molecule has 8 heteroatoms. The smallest absolute Gasteiger partial charge is 0.244 e. The number of rotatable bonds is 3. The van der Waals surface area contributed by atoms with Gasteiger partial charge < -0.3 is 5.32 Å². The summed E-state index contributed by atoms with van der Waals surface area (Å²) < 4.78 is 29.2. The van der Waals surface area contributed by atoms with Crippen LogP contribution in [0, 0.1) is 6.92 Å². The molecule has 6 nitrogen and oxygen atoms in total. The van der Waals surface area contributed by atoms with Crippen molar-refractivity contribution >= 4 is 22.4 Å². The van der Waals surface area contributed by atoms with Crippen molar-refractivity contribution in [2.45, 2.75) is 55.6 Å². The van der Waals surface area contributed by atoms with Crippen LogP contribution >= 0.6 is 12.4 Å². The zero-order chi connectivity index (χ0) is 13.6. The summed E-state index contributed by atoms with van der Waals surface area (Å²) in [5.74, 6) is 0. The Kier molecular flexibility index (Phi) is 4.44. The number of aryl methyl sites for hydroxylation is 1. The third-order valence-corrected chi connectivity index (χ3v) is 5.90. The Morgan fingerprint density at radius 2 is 1.95 bits per heavy atom. The molecule has 0 spiro atoms. The van der Waals surface area contributed by atoms with Gasteiger partial charge in [0.1, 0.15) is 4.90 Å². The zero-order valence-corrected chi connectivity index (χ0v) is 13.3. The summed E-state index contributed by atoms with van der Waals surface area (Å²) in [6.45, 7) is 1.77. The first-order chi connectivity index (χ1) is 8.95. The van der Waals surface area contributed by atoms with Crippen LogP contribution < -0.4 is 10.0 Å². The Morgan fingerprint density at radius 1 is 1.35 bits per heavy atom. The van der Waals surface area contributed by atoms with Gasteiger partial charge in [-0.2, -0.15) is 5.10 Å². The number of piperidine rings is 1. The maximum Gasteiger partial charge on any atom is 0.244 e. The van der Waals surface area contributed by atoms with E-state index in [9.17, 15) is 8.42 Å². The van der Waals surface area contributed by atoms with E-state index in [1.54, 1.807) is 18.7 Å². The molecule has 0 saturated carbocycles. The van der Waals surface area contributed by atoms with Gasteiger partial charge >= 0.3 is 0 Å². The average molecular weight is 321 g/mol. The van der Waals surface area contributed by atoms with Crippen LogP contribution in [0.4, 0.5) is 0 Å². The van der Waals surface area contributed by atoms with Crippen LogP contribution in [0.5, 0.6) is 0 Å². The van der Waals surface area contributed by atoms with E-state index in [1.807, 2.05) is 0 Å². The number of aromatic nitrogens is 2. The molecule has 2 atom stereocenters. The quantitative estimate of drug-likeness (QED) is 0.860. The van der Waals surface area contributed by atoms with Gasteiger partial charge in [-0.1, -0.05) is 0 Å². The van der Waals surface area contributed by atoms with Crippen LogP contribution in [0.3, 0.4) is 0 Å². The molecule has 2 saturated heterocycles. The van der Waals surface area contributed by atoms with Crippen molar-refractivity contribution in [3.63, 3.8) is 0 Å². The SMILES string of the molecule is Cc1c(S(=O)(=O)NC2CC3CCC(C2)N3)cnn1C.Cl. The number of halogens is 1. The summed E-state index contributed by atoms with van der Waals surface area (Å²) in [6, 6.07) is 0.992. The highest BCUT2D eigenvalue weighted by atomic mass is 35.5. The number of sulfonamides is 1. The summed E-state index contributed by atoms with van der Waals surface area (Å²) >= 11 is 0. The molecule has 0 amide bonds. The lowest BCUT2D eigenvalue weighted by atomic mass is 10.0. The molecule has 114 valence electrons. The van der Waals surface area contributed by atoms with Crippen LogP contribution in [-0.2, 0) is 17.1 Å². The molecule has 2 aliphatic heterocycles. The second-order valence-electron chi connectivity index (χ2n) is 5.65. The van der Waals surface area contributed by atoms with Gasteiger partial charge in [0.25, 0.3) is 0 Å². The Hall–Kier alpha value is -0.630. The van der Waals surface area contributed by atoms with Gasteiger partial charge in [-0.3, -0.25) is 4.68 Å². The van der Waals surface area contributed by atoms with E-state index in [1.165, 1.54) is 6.20 Å². The fourth-order valence-electron chi connectivity index (χ4n) is 3.18. The van der Waals surface area contributed by atoms with Crippen LogP contribution in [0.1, 0.15) is 31.4 Å². The number of hydrogen-bond acceptors (Lipinski definition) is 4. The lowest BCUT2D eigenvalue weighted by molar-refractivity contribution is 0.345. The molecule has 3 heterocycles. The number of nitrogens with zero attached hydrogens (tertiary/aromatic N) is 2. The fraction of sp³-hybridized carbons (Fsp3) is 0.750. The Balaban J connectivity index is 0.00000147. The first-order valence-corrected chi connectivity index (χ1v) is 8.21. The first-order valence-electron chi connectivity index (χ1n) is 6.72. The summed E-state index contributed by atoms with van der Waals surface area (Å²) in [6.07, 6.45) is 5.51. The lowest BCUT2D eigenvalue weighted by Gasteiger charge is -2.29. The van der Waals surface area contributed by atoms with Gasteiger partial charge in [0.15, 0.2) is 0 Å². The van der Waals surface area contributed by atoms with Gasteiger partial charge in [-0.05, 0) is 32.6 Å². The fourth-order valence-corrected chi connectivity index (χ4v) is 4.64. The topological polar surface area (TPSA) is 76.0 Å². The zero-order valence-electron chi connectivity index (χ0n) is 11.7. The van der Waals surface area contributed by atoms with Crippen molar-refractivity contribution in [2.75, 3.05) is 0 Å².